The third kappa shape index (κ3) is 4.10. The summed E-state index contributed by atoms with van der Waals surface area (Å²) < 4.78 is 58.7. The van der Waals surface area contributed by atoms with Gasteiger partial charge in [0.1, 0.15) is 0 Å². The van der Waals surface area contributed by atoms with Crippen LogP contribution in [0.15, 0.2) is 0 Å². The van der Waals surface area contributed by atoms with Crippen LogP contribution in [-0.2, 0) is 27.9 Å². The molecular weight excluding hydrogens is 262 g/mol. The Kier molecular flexibility index (Phi) is 4.13. The van der Waals surface area contributed by atoms with Crippen LogP contribution in [0.2, 0.25) is 0 Å². The summed E-state index contributed by atoms with van der Waals surface area (Å²) in [5.74, 6) is 0. The lowest BCUT2D eigenvalue weighted by Crippen LogP contribution is -2.39. The second-order valence-corrected chi connectivity index (χ2v) is 6.82. The zero-order valence-electron chi connectivity index (χ0n) is 9.01. The molecule has 0 N–H and O–H groups in total. The van der Waals surface area contributed by atoms with Gasteiger partial charge in [-0.25, -0.2) is 4.57 Å². The normalized spacial score (nSPS) is 36.2. The molecule has 0 aromatic rings. The van der Waals surface area contributed by atoms with Gasteiger partial charge in [0.2, 0.25) is 0 Å². The monoisotopic (exact) mass is 276 g/mol. The van der Waals surface area contributed by atoms with E-state index in [4.69, 9.17) is 0 Å². The highest BCUT2D eigenvalue weighted by Gasteiger charge is 2.42. The third-order valence-corrected chi connectivity index (χ3v) is 3.80. The minimum Gasteiger partial charge on any atom is -0.283 e. The maximum atomic E-state index is 12.8. The van der Waals surface area contributed by atoms with Gasteiger partial charge in [-0.2, -0.15) is 8.42 Å². The van der Waals surface area contributed by atoms with Crippen LogP contribution in [0.1, 0.15) is 13.3 Å². The molecule has 1 aliphatic heterocycles. The highest BCUT2D eigenvalue weighted by molar-refractivity contribution is 7.85. The van der Waals surface area contributed by atoms with E-state index >= 15 is 0 Å². The summed E-state index contributed by atoms with van der Waals surface area (Å²) in [4.78, 5) is 0. The van der Waals surface area contributed by atoms with E-state index in [0.717, 1.165) is 6.26 Å². The average molecular weight is 276 g/mol. The molecule has 0 atom stereocenters. The second-order valence-electron chi connectivity index (χ2n) is 3.80. The van der Waals surface area contributed by atoms with E-state index in [9.17, 15) is 17.2 Å². The molecule has 0 spiro atoms. The number of halogens is 1. The molecule has 1 rings (SSSR count). The maximum absolute atomic E-state index is 12.8. The lowest BCUT2D eigenvalue weighted by Gasteiger charge is -2.35. The van der Waals surface area contributed by atoms with E-state index in [1.165, 1.54) is 0 Å². The molecule has 16 heavy (non-hydrogen) atoms. The van der Waals surface area contributed by atoms with Crippen molar-refractivity contribution < 1.29 is 30.4 Å². The molecule has 0 aliphatic carbocycles. The summed E-state index contributed by atoms with van der Waals surface area (Å²) in [6, 6.07) is 0. The minimum atomic E-state index is -4.45. The number of rotatable bonds is 4. The minimum absolute atomic E-state index is 0.178. The van der Waals surface area contributed by atoms with Gasteiger partial charge in [0.25, 0.3) is 10.1 Å². The Bertz CT molecular complexity index is 382. The number of hydrogen-bond acceptors (Lipinski definition) is 6. The van der Waals surface area contributed by atoms with Crippen molar-refractivity contribution in [3.05, 3.63) is 0 Å². The lowest BCUT2D eigenvalue weighted by atomic mass is 9.88. The molecule has 0 aromatic heterocycles. The Morgan fingerprint density at radius 3 is 2.31 bits per heavy atom. The molecular formula is C7H14FO6PS. The van der Waals surface area contributed by atoms with Gasteiger partial charge in [-0.1, -0.05) is 6.92 Å². The fraction of sp³-hybridized carbons (Fsp3) is 1.00. The zero-order chi connectivity index (χ0) is 12.4. The highest BCUT2D eigenvalue weighted by atomic mass is 32.2. The van der Waals surface area contributed by atoms with Crippen LogP contribution in [0.3, 0.4) is 0 Å². The third-order valence-electron chi connectivity index (χ3n) is 2.38. The standard InChI is InChI=1S/C7H14FO6PS/c1-3-7(6-14-16(2,10)11)4-12-15(8,9)13-5-7/h3-6H2,1-2H3. The molecule has 9 heteroatoms. The Hall–Kier alpha value is -0.0100. The van der Waals surface area contributed by atoms with Gasteiger partial charge in [-0.05, 0) is 6.42 Å². The average Bonchev–Trinajstić information content (AvgIpc) is 2.16. The molecule has 6 nitrogen and oxygen atoms in total. The second kappa shape index (κ2) is 4.70. The lowest BCUT2D eigenvalue weighted by molar-refractivity contribution is -0.0240. The van der Waals surface area contributed by atoms with Crippen LogP contribution in [0.25, 0.3) is 0 Å². The maximum Gasteiger partial charge on any atom is 0.513 e. The van der Waals surface area contributed by atoms with Crippen molar-refractivity contribution in [3.8, 4) is 0 Å². The molecule has 1 heterocycles. The van der Waals surface area contributed by atoms with E-state index in [-0.39, 0.29) is 19.8 Å². The van der Waals surface area contributed by atoms with E-state index < -0.39 is 23.4 Å². The van der Waals surface area contributed by atoms with Crippen molar-refractivity contribution in [3.63, 3.8) is 0 Å². The largest absolute Gasteiger partial charge is 0.513 e. The van der Waals surface area contributed by atoms with Crippen molar-refractivity contribution in [1.29, 1.82) is 0 Å². The highest BCUT2D eigenvalue weighted by Crippen LogP contribution is 2.55. The smallest absolute Gasteiger partial charge is 0.283 e. The Morgan fingerprint density at radius 2 is 1.94 bits per heavy atom. The molecule has 0 amide bonds. The van der Waals surface area contributed by atoms with Gasteiger partial charge in [-0.3, -0.25) is 13.2 Å². The summed E-state index contributed by atoms with van der Waals surface area (Å²) in [7, 11) is -8.02. The molecule has 1 aliphatic rings. The summed E-state index contributed by atoms with van der Waals surface area (Å²) in [6.07, 6.45) is 1.38. The molecule has 0 radical (unpaired) electrons. The van der Waals surface area contributed by atoms with Crippen molar-refractivity contribution in [2.45, 2.75) is 13.3 Å². The van der Waals surface area contributed by atoms with Crippen LogP contribution >= 0.6 is 7.91 Å². The van der Waals surface area contributed by atoms with Crippen LogP contribution in [-0.4, -0.2) is 34.5 Å². The van der Waals surface area contributed by atoms with Crippen LogP contribution in [0.4, 0.5) is 4.20 Å². The molecule has 0 aromatic carbocycles. The first kappa shape index (κ1) is 14.1. The predicted molar refractivity (Wildman–Crippen MR) is 54.1 cm³/mol. The summed E-state index contributed by atoms with van der Waals surface area (Å²) in [5.41, 5.74) is -0.775. The SMILES string of the molecule is CCC1(COS(C)(=O)=O)COP(=O)(F)OC1. The van der Waals surface area contributed by atoms with Crippen molar-refractivity contribution in [2.24, 2.45) is 5.41 Å². The first-order valence-electron chi connectivity index (χ1n) is 4.61. The molecule has 1 saturated heterocycles. The Labute approximate surface area is 93.8 Å². The van der Waals surface area contributed by atoms with E-state index in [1.54, 1.807) is 6.92 Å². The van der Waals surface area contributed by atoms with Gasteiger partial charge < -0.3 is 0 Å². The quantitative estimate of drug-likeness (QED) is 0.571. The Morgan fingerprint density at radius 1 is 1.44 bits per heavy atom. The van der Waals surface area contributed by atoms with Crippen molar-refractivity contribution >= 4 is 18.0 Å². The first-order chi connectivity index (χ1) is 7.18. The molecule has 0 unspecified atom stereocenters. The van der Waals surface area contributed by atoms with Gasteiger partial charge >= 0.3 is 7.91 Å². The summed E-state index contributed by atoms with van der Waals surface area (Å²) in [5, 5.41) is 0. The van der Waals surface area contributed by atoms with E-state index in [2.05, 4.69) is 13.2 Å². The van der Waals surface area contributed by atoms with E-state index in [0.29, 0.717) is 6.42 Å². The summed E-state index contributed by atoms with van der Waals surface area (Å²) >= 11 is 0. The Balaban J connectivity index is 2.63. The van der Waals surface area contributed by atoms with Crippen LogP contribution < -0.4 is 0 Å². The zero-order valence-corrected chi connectivity index (χ0v) is 10.7. The molecule has 0 saturated carbocycles. The van der Waals surface area contributed by atoms with Crippen LogP contribution in [0, 0.1) is 5.41 Å². The molecule has 96 valence electrons. The predicted octanol–water partition coefficient (Wildman–Crippen LogP) is 1.48. The van der Waals surface area contributed by atoms with Crippen molar-refractivity contribution in [1.82, 2.24) is 0 Å². The molecule has 0 bridgehead atoms. The fourth-order valence-electron chi connectivity index (χ4n) is 1.13. The van der Waals surface area contributed by atoms with Crippen LogP contribution in [0.5, 0.6) is 0 Å². The van der Waals surface area contributed by atoms with Gasteiger partial charge in [0, 0.05) is 5.41 Å². The van der Waals surface area contributed by atoms with Gasteiger partial charge in [0.05, 0.1) is 26.1 Å². The van der Waals surface area contributed by atoms with E-state index in [1.807, 2.05) is 0 Å². The van der Waals surface area contributed by atoms with Gasteiger partial charge in [0.15, 0.2) is 0 Å². The van der Waals surface area contributed by atoms with Crippen molar-refractivity contribution in [2.75, 3.05) is 26.1 Å². The fourth-order valence-corrected chi connectivity index (χ4v) is 2.52. The first-order valence-corrected chi connectivity index (χ1v) is 7.86. The van der Waals surface area contributed by atoms with Gasteiger partial charge in [-0.15, -0.1) is 4.20 Å². The topological polar surface area (TPSA) is 78.9 Å². The molecule has 1 fully saturated rings. The summed E-state index contributed by atoms with van der Waals surface area (Å²) in [6.45, 7) is 1.20. The number of hydrogen-bond donors (Lipinski definition) is 0.